The van der Waals surface area contributed by atoms with Crippen molar-refractivity contribution >= 4 is 24.5 Å². The summed E-state index contributed by atoms with van der Waals surface area (Å²) in [7, 11) is -1.14. The van der Waals surface area contributed by atoms with E-state index in [1.165, 1.54) is 10.4 Å². The average molecular weight is 533 g/mol. The molecule has 0 bridgehead atoms. The van der Waals surface area contributed by atoms with E-state index in [0.29, 0.717) is 12.2 Å². The lowest BCUT2D eigenvalue weighted by Crippen LogP contribution is -2.67. The number of hydrogen-bond donors (Lipinski definition) is 0. The maximum Gasteiger partial charge on any atom is 0.261 e. The number of allylic oxidation sites excluding steroid dienone is 1. The molecule has 0 saturated heterocycles. The Bertz CT molecular complexity index is 1110. The highest BCUT2D eigenvalue weighted by atomic mass is 28.4. The fraction of sp³-hybridized carbons (Fsp3) is 0.344. The fourth-order valence-electron chi connectivity index (χ4n) is 4.67. The van der Waals surface area contributed by atoms with Gasteiger partial charge in [0, 0.05) is 6.61 Å². The molecule has 3 aromatic rings. The van der Waals surface area contributed by atoms with Crippen molar-refractivity contribution < 1.29 is 23.4 Å². The van der Waals surface area contributed by atoms with Crippen LogP contribution in [0.2, 0.25) is 5.04 Å². The zero-order chi connectivity index (χ0) is 27.6. The fourth-order valence-corrected chi connectivity index (χ4v) is 9.27. The van der Waals surface area contributed by atoms with E-state index in [4.69, 9.17) is 18.6 Å². The third-order valence-electron chi connectivity index (χ3n) is 6.62. The third kappa shape index (κ3) is 7.29. The first-order valence-electron chi connectivity index (χ1n) is 12.9. The molecule has 0 aliphatic heterocycles. The Labute approximate surface area is 228 Å². The number of rotatable bonds is 14. The van der Waals surface area contributed by atoms with Crippen LogP contribution < -0.4 is 15.1 Å². The summed E-state index contributed by atoms with van der Waals surface area (Å²) in [5.74, 6) is 0.254. The van der Waals surface area contributed by atoms with E-state index < -0.39 is 14.2 Å². The molecule has 0 aliphatic carbocycles. The van der Waals surface area contributed by atoms with Crippen molar-refractivity contribution in [2.24, 2.45) is 5.92 Å². The van der Waals surface area contributed by atoms with Gasteiger partial charge in [-0.2, -0.15) is 0 Å². The van der Waals surface area contributed by atoms with E-state index in [1.807, 2.05) is 36.4 Å². The number of ketones is 1. The van der Waals surface area contributed by atoms with Gasteiger partial charge in [0.25, 0.3) is 8.32 Å². The largest absolute Gasteiger partial charge is 0.497 e. The van der Waals surface area contributed by atoms with Crippen LogP contribution in [0.25, 0.3) is 0 Å². The van der Waals surface area contributed by atoms with E-state index in [-0.39, 0.29) is 30.8 Å². The predicted octanol–water partition coefficient (Wildman–Crippen LogP) is 5.52. The number of ether oxygens (including phenoxy) is 3. The van der Waals surface area contributed by atoms with Crippen LogP contribution in [0.1, 0.15) is 33.3 Å². The molecule has 3 aromatic carbocycles. The highest BCUT2D eigenvalue weighted by Crippen LogP contribution is 2.37. The first kappa shape index (κ1) is 29.5. The molecular formula is C32H40O5Si. The van der Waals surface area contributed by atoms with Crippen LogP contribution in [0.5, 0.6) is 5.75 Å². The van der Waals surface area contributed by atoms with Gasteiger partial charge in [0.05, 0.1) is 26.2 Å². The normalized spacial score (nSPS) is 12.7. The summed E-state index contributed by atoms with van der Waals surface area (Å²) in [6.45, 7) is 13.2. The van der Waals surface area contributed by atoms with Crippen molar-refractivity contribution in [1.82, 2.24) is 0 Å². The van der Waals surface area contributed by atoms with Gasteiger partial charge in [0.1, 0.15) is 12.5 Å². The monoisotopic (exact) mass is 532 g/mol. The zero-order valence-electron chi connectivity index (χ0n) is 23.2. The van der Waals surface area contributed by atoms with Gasteiger partial charge >= 0.3 is 0 Å². The topological polar surface area (TPSA) is 54.0 Å². The van der Waals surface area contributed by atoms with Crippen LogP contribution in [-0.2, 0) is 25.3 Å². The molecule has 0 spiro atoms. The number of methoxy groups -OCH3 is 1. The average Bonchev–Trinajstić information content (AvgIpc) is 2.92. The van der Waals surface area contributed by atoms with Crippen molar-refractivity contribution in [1.29, 1.82) is 0 Å². The molecule has 0 unspecified atom stereocenters. The first-order valence-corrected chi connectivity index (χ1v) is 14.8. The van der Waals surface area contributed by atoms with E-state index in [2.05, 4.69) is 75.9 Å². The lowest BCUT2D eigenvalue weighted by atomic mass is 10.0. The molecule has 0 saturated carbocycles. The third-order valence-corrected chi connectivity index (χ3v) is 11.6. The number of carbonyl (C=O) groups excluding carboxylic acids is 1. The van der Waals surface area contributed by atoms with Gasteiger partial charge in [0.15, 0.2) is 5.78 Å². The molecule has 38 heavy (non-hydrogen) atoms. The molecule has 1 atom stereocenters. The van der Waals surface area contributed by atoms with Gasteiger partial charge < -0.3 is 18.6 Å². The van der Waals surface area contributed by atoms with E-state index in [9.17, 15) is 4.79 Å². The standard InChI is InChI=1S/C32H40O5Si/c1-25(2)31(33)27(22-36-24-35-21-26-17-19-28(34-6)20-18-26)23-37-38(32(3,4)5,29-13-9-7-10-14-29)30-15-11-8-12-16-30/h7-20,27H,1,21-24H2,2-6H3/t27-/m0/s1. The van der Waals surface area contributed by atoms with Crippen LogP contribution in [0.15, 0.2) is 97.1 Å². The number of benzene rings is 3. The summed E-state index contributed by atoms with van der Waals surface area (Å²) in [6.07, 6.45) is 0. The van der Waals surface area contributed by atoms with Crippen LogP contribution in [-0.4, -0.2) is 41.2 Å². The van der Waals surface area contributed by atoms with Crippen molar-refractivity contribution in [3.63, 3.8) is 0 Å². The van der Waals surface area contributed by atoms with Crippen molar-refractivity contribution in [3.8, 4) is 5.75 Å². The molecule has 0 amide bonds. The highest BCUT2D eigenvalue weighted by molar-refractivity contribution is 6.99. The maximum absolute atomic E-state index is 13.1. The first-order chi connectivity index (χ1) is 18.2. The minimum Gasteiger partial charge on any atom is -0.497 e. The van der Waals surface area contributed by atoms with Gasteiger partial charge in [-0.3, -0.25) is 4.79 Å². The molecule has 0 aromatic heterocycles. The smallest absolute Gasteiger partial charge is 0.261 e. The minimum absolute atomic E-state index is 0.0573. The predicted molar refractivity (Wildman–Crippen MR) is 155 cm³/mol. The van der Waals surface area contributed by atoms with Gasteiger partial charge in [0.2, 0.25) is 0 Å². The lowest BCUT2D eigenvalue weighted by molar-refractivity contribution is -0.126. The quantitative estimate of drug-likeness (QED) is 0.118. The number of carbonyl (C=O) groups is 1. The SMILES string of the molecule is C=C(C)C(=O)[C@@H](COCOCc1ccc(OC)cc1)CO[Si](c1ccccc1)(c1ccccc1)C(C)(C)C. The number of Topliss-reactive ketones (excluding diaryl/α,β-unsaturated/α-hetero) is 1. The molecule has 6 heteroatoms. The summed E-state index contributed by atoms with van der Waals surface area (Å²) in [6, 6.07) is 28.5. The molecule has 0 fully saturated rings. The Morgan fingerprint density at radius 2 is 1.39 bits per heavy atom. The Morgan fingerprint density at radius 3 is 1.87 bits per heavy atom. The molecule has 0 radical (unpaired) electrons. The summed E-state index contributed by atoms with van der Waals surface area (Å²) < 4.78 is 23.7. The zero-order valence-corrected chi connectivity index (χ0v) is 24.2. The summed E-state index contributed by atoms with van der Waals surface area (Å²) in [5.41, 5.74) is 1.50. The molecule has 0 N–H and O–H groups in total. The van der Waals surface area contributed by atoms with E-state index >= 15 is 0 Å². The van der Waals surface area contributed by atoms with Crippen LogP contribution in [0, 0.1) is 5.92 Å². The summed E-state index contributed by atoms with van der Waals surface area (Å²) in [5, 5.41) is 2.16. The van der Waals surface area contributed by atoms with Crippen molar-refractivity contribution in [2.75, 3.05) is 27.1 Å². The molecule has 0 heterocycles. The number of hydrogen-bond acceptors (Lipinski definition) is 5. The van der Waals surface area contributed by atoms with Crippen LogP contribution in [0.4, 0.5) is 0 Å². The van der Waals surface area contributed by atoms with Gasteiger partial charge in [-0.25, -0.2) is 0 Å². The molecule has 5 nitrogen and oxygen atoms in total. The molecular weight excluding hydrogens is 492 g/mol. The Balaban J connectivity index is 1.75. The van der Waals surface area contributed by atoms with Crippen LogP contribution >= 0.6 is 0 Å². The van der Waals surface area contributed by atoms with Crippen molar-refractivity contribution in [2.45, 2.75) is 39.3 Å². The van der Waals surface area contributed by atoms with E-state index in [1.54, 1.807) is 14.0 Å². The molecule has 0 aliphatic rings. The lowest BCUT2D eigenvalue weighted by Gasteiger charge is -2.43. The van der Waals surface area contributed by atoms with Crippen molar-refractivity contribution in [3.05, 3.63) is 103 Å². The van der Waals surface area contributed by atoms with Gasteiger partial charge in [-0.15, -0.1) is 0 Å². The summed E-state index contributed by atoms with van der Waals surface area (Å²) >= 11 is 0. The van der Waals surface area contributed by atoms with Gasteiger partial charge in [-0.1, -0.05) is 100 Å². The minimum atomic E-state index is -2.78. The highest BCUT2D eigenvalue weighted by Gasteiger charge is 2.50. The molecule has 202 valence electrons. The molecule has 3 rings (SSSR count). The Morgan fingerprint density at radius 1 is 0.842 bits per heavy atom. The van der Waals surface area contributed by atoms with Gasteiger partial charge in [-0.05, 0) is 45.6 Å². The second-order valence-corrected chi connectivity index (χ2v) is 14.8. The summed E-state index contributed by atoms with van der Waals surface area (Å²) in [4.78, 5) is 13.1. The Kier molecular flexibility index (Phi) is 10.6. The maximum atomic E-state index is 13.1. The second kappa shape index (κ2) is 13.7. The second-order valence-electron chi connectivity index (χ2n) is 10.5. The Hall–Kier alpha value is -3.03. The van der Waals surface area contributed by atoms with Crippen LogP contribution in [0.3, 0.4) is 0 Å². The van der Waals surface area contributed by atoms with E-state index in [0.717, 1.165) is 11.3 Å².